The van der Waals surface area contributed by atoms with Crippen LogP contribution in [0, 0.1) is 0 Å². The predicted octanol–water partition coefficient (Wildman–Crippen LogP) is 0.371. The molecular formula is C15H14N2O4. The van der Waals surface area contributed by atoms with Crippen LogP contribution in [-0.2, 0) is 0 Å². The highest BCUT2D eigenvalue weighted by molar-refractivity contribution is 6.26. The van der Waals surface area contributed by atoms with E-state index in [-0.39, 0.29) is 6.54 Å². The first kappa shape index (κ1) is 13.5. The minimum atomic E-state index is -1.16. The Hall–Kier alpha value is -2.44. The number of aliphatic hydroxyl groups is 2. The maximum absolute atomic E-state index is 12.4. The Morgan fingerprint density at radius 2 is 1.76 bits per heavy atom. The summed E-state index contributed by atoms with van der Waals surface area (Å²) in [5.41, 5.74) is 7.14. The quantitative estimate of drug-likeness (QED) is 0.558. The zero-order chi connectivity index (χ0) is 15.1. The third kappa shape index (κ3) is 1.96. The molecule has 0 fully saturated rings. The molecule has 0 spiro atoms. The summed E-state index contributed by atoms with van der Waals surface area (Å²) in [4.78, 5) is 25.8. The summed E-state index contributed by atoms with van der Waals surface area (Å²) >= 11 is 0. The van der Waals surface area contributed by atoms with Crippen LogP contribution in [0.1, 0.15) is 20.7 Å². The van der Waals surface area contributed by atoms with Crippen LogP contribution < -0.4 is 5.73 Å². The van der Waals surface area contributed by atoms with Crippen LogP contribution in [0.3, 0.4) is 0 Å². The molecule has 0 aromatic heterocycles. The lowest BCUT2D eigenvalue weighted by Gasteiger charge is -2.28. The number of nitrogens with two attached hydrogens (primary N) is 1. The van der Waals surface area contributed by atoms with E-state index in [2.05, 4.69) is 0 Å². The second-order valence-electron chi connectivity index (χ2n) is 4.99. The topological polar surface area (TPSA) is 104 Å². The van der Waals surface area contributed by atoms with Gasteiger partial charge in [0.15, 0.2) is 0 Å². The van der Waals surface area contributed by atoms with Gasteiger partial charge in [-0.25, -0.2) is 0 Å². The van der Waals surface area contributed by atoms with Crippen molar-refractivity contribution in [3.05, 3.63) is 41.5 Å². The third-order valence-corrected chi connectivity index (χ3v) is 3.63. The number of β-amino-alcohol motifs (C(OH)–C–C–N with tert-alkyl or cyclic N) is 1. The second-order valence-corrected chi connectivity index (χ2v) is 4.99. The van der Waals surface area contributed by atoms with E-state index >= 15 is 0 Å². The minimum Gasteiger partial charge on any atom is -0.398 e. The second kappa shape index (κ2) is 4.83. The number of anilines is 1. The van der Waals surface area contributed by atoms with Crippen LogP contribution in [0.25, 0.3) is 10.8 Å². The van der Waals surface area contributed by atoms with Crippen LogP contribution in [0.15, 0.2) is 30.3 Å². The first-order chi connectivity index (χ1) is 10.0. The molecule has 0 aliphatic carbocycles. The van der Waals surface area contributed by atoms with E-state index in [4.69, 9.17) is 10.8 Å². The molecule has 1 aliphatic heterocycles. The molecule has 1 aliphatic rings. The average Bonchev–Trinajstić information content (AvgIpc) is 2.50. The predicted molar refractivity (Wildman–Crippen MR) is 76.8 cm³/mol. The zero-order valence-corrected chi connectivity index (χ0v) is 11.1. The minimum absolute atomic E-state index is 0.242. The molecule has 108 valence electrons. The number of carbonyl (C=O) groups excluding carboxylic acids is 2. The van der Waals surface area contributed by atoms with Crippen molar-refractivity contribution in [3.8, 4) is 0 Å². The molecule has 0 saturated heterocycles. The van der Waals surface area contributed by atoms with Crippen LogP contribution in [0.5, 0.6) is 0 Å². The molecule has 6 heteroatoms. The van der Waals surface area contributed by atoms with Crippen LogP contribution in [0.2, 0.25) is 0 Å². The highest BCUT2D eigenvalue weighted by atomic mass is 16.3. The summed E-state index contributed by atoms with van der Waals surface area (Å²) in [6.45, 7) is -0.760. The monoisotopic (exact) mass is 286 g/mol. The molecule has 4 N–H and O–H groups in total. The molecule has 1 atom stereocenters. The standard InChI is InChI=1S/C15H14N2O4/c16-12-5-4-11-13-9(12)2-1-3-10(13)14(20)17(15(11)21)6-8(19)7-18/h1-5,8,18-19H,6-7,16H2. The van der Waals surface area contributed by atoms with Gasteiger partial charge in [-0.05, 0) is 18.2 Å². The number of benzene rings is 2. The largest absolute Gasteiger partial charge is 0.398 e. The summed E-state index contributed by atoms with van der Waals surface area (Å²) in [5.74, 6) is -0.979. The first-order valence-corrected chi connectivity index (χ1v) is 6.51. The van der Waals surface area contributed by atoms with Crippen molar-refractivity contribution in [1.29, 1.82) is 0 Å². The Balaban J connectivity index is 2.20. The van der Waals surface area contributed by atoms with E-state index in [1.54, 1.807) is 30.3 Å². The lowest BCUT2D eigenvalue weighted by atomic mass is 9.93. The fourth-order valence-corrected chi connectivity index (χ4v) is 2.60. The summed E-state index contributed by atoms with van der Waals surface area (Å²) in [5, 5.41) is 19.6. The summed E-state index contributed by atoms with van der Waals surface area (Å²) in [6, 6.07) is 8.28. The number of hydrogen-bond donors (Lipinski definition) is 3. The van der Waals surface area contributed by atoms with Gasteiger partial charge in [-0.2, -0.15) is 0 Å². The highest BCUT2D eigenvalue weighted by Gasteiger charge is 2.34. The number of hydrogen-bond acceptors (Lipinski definition) is 5. The van der Waals surface area contributed by atoms with Crippen LogP contribution in [-0.4, -0.2) is 46.2 Å². The van der Waals surface area contributed by atoms with Gasteiger partial charge in [0.1, 0.15) is 0 Å². The average molecular weight is 286 g/mol. The molecule has 3 rings (SSSR count). The van der Waals surface area contributed by atoms with Gasteiger partial charge in [0, 0.05) is 27.6 Å². The van der Waals surface area contributed by atoms with Gasteiger partial charge in [-0.1, -0.05) is 12.1 Å². The lowest BCUT2D eigenvalue weighted by Crippen LogP contribution is -2.45. The number of carbonyl (C=O) groups is 2. The van der Waals surface area contributed by atoms with E-state index in [0.29, 0.717) is 27.6 Å². The SMILES string of the molecule is Nc1ccc2c3c(cccc13)C(=O)N(CC(O)CO)C2=O. The van der Waals surface area contributed by atoms with Gasteiger partial charge in [-0.3, -0.25) is 14.5 Å². The van der Waals surface area contributed by atoms with Crippen molar-refractivity contribution in [3.63, 3.8) is 0 Å². The van der Waals surface area contributed by atoms with Gasteiger partial charge >= 0.3 is 0 Å². The number of nitrogen functional groups attached to an aromatic ring is 1. The van der Waals surface area contributed by atoms with Crippen molar-refractivity contribution < 1.29 is 19.8 Å². The fraction of sp³-hybridized carbons (Fsp3) is 0.200. The molecule has 2 aromatic carbocycles. The summed E-state index contributed by atoms with van der Waals surface area (Å²) in [6.07, 6.45) is -1.16. The van der Waals surface area contributed by atoms with E-state index < -0.39 is 24.5 Å². The molecule has 0 radical (unpaired) electrons. The molecule has 1 unspecified atom stereocenters. The maximum Gasteiger partial charge on any atom is 0.261 e. The number of aliphatic hydroxyl groups excluding tert-OH is 2. The summed E-state index contributed by atoms with van der Waals surface area (Å²) < 4.78 is 0. The van der Waals surface area contributed by atoms with Crippen molar-refractivity contribution in [2.45, 2.75) is 6.10 Å². The van der Waals surface area contributed by atoms with E-state index in [0.717, 1.165) is 4.90 Å². The fourth-order valence-electron chi connectivity index (χ4n) is 2.60. The molecule has 1 heterocycles. The van der Waals surface area contributed by atoms with Gasteiger partial charge in [0.25, 0.3) is 11.8 Å². The molecule has 21 heavy (non-hydrogen) atoms. The Bertz CT molecular complexity index is 734. The van der Waals surface area contributed by atoms with Crippen molar-refractivity contribution in [2.24, 2.45) is 0 Å². The first-order valence-electron chi connectivity index (χ1n) is 6.51. The lowest BCUT2D eigenvalue weighted by molar-refractivity contribution is 0.0391. The Morgan fingerprint density at radius 3 is 2.43 bits per heavy atom. The van der Waals surface area contributed by atoms with Crippen LogP contribution >= 0.6 is 0 Å². The highest BCUT2D eigenvalue weighted by Crippen LogP contribution is 2.33. The zero-order valence-electron chi connectivity index (χ0n) is 11.1. The van der Waals surface area contributed by atoms with Crippen molar-refractivity contribution in [1.82, 2.24) is 4.90 Å². The number of imide groups is 1. The van der Waals surface area contributed by atoms with Gasteiger partial charge in [-0.15, -0.1) is 0 Å². The Labute approximate surface area is 120 Å². The molecule has 2 aromatic rings. The number of amides is 2. The van der Waals surface area contributed by atoms with E-state index in [1.165, 1.54) is 0 Å². The molecule has 6 nitrogen and oxygen atoms in total. The summed E-state index contributed by atoms with van der Waals surface area (Å²) in [7, 11) is 0. The van der Waals surface area contributed by atoms with E-state index in [1.807, 2.05) is 0 Å². The van der Waals surface area contributed by atoms with Crippen molar-refractivity contribution in [2.75, 3.05) is 18.9 Å². The Kier molecular flexibility index (Phi) is 3.12. The number of rotatable bonds is 3. The smallest absolute Gasteiger partial charge is 0.261 e. The molecule has 2 amide bonds. The van der Waals surface area contributed by atoms with Crippen molar-refractivity contribution >= 4 is 28.3 Å². The normalized spacial score (nSPS) is 15.6. The molecular weight excluding hydrogens is 272 g/mol. The van der Waals surface area contributed by atoms with Crippen LogP contribution in [0.4, 0.5) is 5.69 Å². The molecule has 0 bridgehead atoms. The maximum atomic E-state index is 12.4. The molecule has 0 saturated carbocycles. The van der Waals surface area contributed by atoms with Gasteiger partial charge < -0.3 is 15.9 Å². The number of nitrogens with zero attached hydrogens (tertiary/aromatic N) is 1. The van der Waals surface area contributed by atoms with Gasteiger partial charge in [0.2, 0.25) is 0 Å². The third-order valence-electron chi connectivity index (χ3n) is 3.63. The Morgan fingerprint density at radius 1 is 1.10 bits per heavy atom. The van der Waals surface area contributed by atoms with Gasteiger partial charge in [0.05, 0.1) is 19.3 Å². The van der Waals surface area contributed by atoms with E-state index in [9.17, 15) is 14.7 Å².